The van der Waals surface area contributed by atoms with Gasteiger partial charge in [-0.2, -0.15) is 0 Å². The van der Waals surface area contributed by atoms with Gasteiger partial charge in [-0.05, 0) is 74.0 Å². The summed E-state index contributed by atoms with van der Waals surface area (Å²) in [6, 6.07) is 0. The van der Waals surface area contributed by atoms with Crippen LogP contribution in [0.3, 0.4) is 0 Å². The Hall–Kier alpha value is -0.900. The molecule has 7 rings (SSSR count). The molecule has 6 saturated carbocycles. The van der Waals surface area contributed by atoms with Gasteiger partial charge in [0.2, 0.25) is 0 Å². The predicted molar refractivity (Wildman–Crippen MR) is 101 cm³/mol. The first-order chi connectivity index (χ1) is 14.8. The normalized spacial score (nSPS) is 71.5. The first kappa shape index (κ1) is 13.4. The third-order valence-electron chi connectivity index (χ3n) is 11.0. The van der Waals surface area contributed by atoms with Crippen molar-refractivity contribution in [2.75, 3.05) is 0 Å². The maximum Gasteiger partial charge on any atom is 0.306 e. The van der Waals surface area contributed by atoms with E-state index in [1.165, 1.54) is 0 Å². The van der Waals surface area contributed by atoms with Crippen molar-refractivity contribution in [2.24, 2.45) is 52.3 Å². The van der Waals surface area contributed by atoms with Gasteiger partial charge in [0.05, 0.1) is 5.60 Å². The van der Waals surface area contributed by atoms with Crippen LogP contribution in [0, 0.1) is 52.3 Å². The highest BCUT2D eigenvalue weighted by molar-refractivity contribution is 5.81. The van der Waals surface area contributed by atoms with Gasteiger partial charge in [-0.1, -0.05) is 13.8 Å². The summed E-state index contributed by atoms with van der Waals surface area (Å²) in [5, 5.41) is 11.8. The van der Waals surface area contributed by atoms with Crippen molar-refractivity contribution < 1.29 is 24.9 Å². The summed E-state index contributed by atoms with van der Waals surface area (Å²) in [7, 11) is 0. The molecule has 0 bridgehead atoms. The van der Waals surface area contributed by atoms with Crippen molar-refractivity contribution in [3.8, 4) is 0 Å². The Morgan fingerprint density at radius 2 is 1.86 bits per heavy atom. The fourth-order valence-electron chi connectivity index (χ4n) is 9.72. The molecular formula is C24H32O4. The van der Waals surface area contributed by atoms with Crippen LogP contribution < -0.4 is 0 Å². The molecule has 1 heterocycles. The zero-order valence-electron chi connectivity index (χ0n) is 20.7. The average molecular weight is 389 g/mol. The molecule has 0 amide bonds. The van der Waals surface area contributed by atoms with Gasteiger partial charge in [0, 0.05) is 41.4 Å². The lowest BCUT2D eigenvalue weighted by atomic mass is 9.42. The van der Waals surface area contributed by atoms with Crippen LogP contribution in [0.25, 0.3) is 0 Å². The topological polar surface area (TPSA) is 63.6 Å². The van der Waals surface area contributed by atoms with Crippen molar-refractivity contribution >= 4 is 11.8 Å². The number of hydrogen-bond acceptors (Lipinski definition) is 4. The Kier molecular flexibility index (Phi) is 2.18. The molecule has 4 nitrogen and oxygen atoms in total. The zero-order valence-corrected chi connectivity index (χ0v) is 16.7. The van der Waals surface area contributed by atoms with Gasteiger partial charge in [0.15, 0.2) is 0 Å². The number of carbonyl (C=O) groups is 2. The summed E-state index contributed by atoms with van der Waals surface area (Å²) in [6.45, 7) is 4.26. The second-order valence-corrected chi connectivity index (χ2v) is 11.6. The molecule has 1 N–H and O–H groups in total. The molecule has 7 fully saturated rings. The van der Waals surface area contributed by atoms with E-state index in [0.717, 1.165) is 19.3 Å². The number of aliphatic hydroxyl groups is 1. The highest BCUT2D eigenvalue weighted by Gasteiger charge is 2.83. The van der Waals surface area contributed by atoms with Crippen molar-refractivity contribution in [3.05, 3.63) is 0 Å². The smallest absolute Gasteiger partial charge is 0.306 e. The highest BCUT2D eigenvalue weighted by atomic mass is 16.6. The maximum absolute atomic E-state index is 12.6. The average Bonchev–Trinajstić information content (AvgIpc) is 3.60. The summed E-state index contributed by atoms with van der Waals surface area (Å²) in [6.07, 6.45) is -0.296. The van der Waals surface area contributed by atoms with Crippen LogP contribution in [0.2, 0.25) is 0 Å². The van der Waals surface area contributed by atoms with E-state index in [4.69, 9.17) is 10.2 Å². The van der Waals surface area contributed by atoms with Crippen LogP contribution in [0.4, 0.5) is 0 Å². The standard InChI is InChI=1S/C24H32O4/c1-21-6-3-12(25)11-23(21,27)16-9-13(16)19-15(21)4-7-22(2)20(19)14-10-17(14)24(22)8-5-18(26)28-24/h13-17,19-20,27H,3-11H2,1-2H3/t13-,14-,15-,16+,17+,19+,20-,21+,22-,23+,24-/m0/s1/i5D2,8D2. The summed E-state index contributed by atoms with van der Waals surface area (Å²) in [4.78, 5) is 24.9. The minimum atomic E-state index is -2.64. The highest BCUT2D eigenvalue weighted by Crippen LogP contribution is 2.83. The SMILES string of the molecule is [2H]C1([2H])C(=O)O[C@]2([C@@H]3C[C@@H]3[C@H]3[C@@H]4[C@H]5C[C@H]5[C@]5(O)CC(=O)CC[C@]5(C)[C@H]4CC[C@@]32C)C1([2H])[2H]. The molecule has 4 heteroatoms. The molecule has 0 unspecified atom stereocenters. The van der Waals surface area contributed by atoms with Crippen LogP contribution in [0.15, 0.2) is 0 Å². The Balaban J connectivity index is 1.35. The summed E-state index contributed by atoms with van der Waals surface area (Å²) in [5.41, 5.74) is -3.24. The maximum atomic E-state index is 12.6. The van der Waals surface area contributed by atoms with Crippen LogP contribution in [0.1, 0.15) is 77.0 Å². The molecule has 11 atom stereocenters. The molecule has 0 aromatic heterocycles. The molecule has 0 radical (unpaired) electrons. The quantitative estimate of drug-likeness (QED) is 0.645. The van der Waals surface area contributed by atoms with Gasteiger partial charge in [0.25, 0.3) is 0 Å². The number of rotatable bonds is 0. The van der Waals surface area contributed by atoms with E-state index in [1.807, 2.05) is 0 Å². The minimum Gasteiger partial charge on any atom is -0.458 e. The molecule has 1 aliphatic heterocycles. The molecule has 0 aromatic carbocycles. The van der Waals surface area contributed by atoms with E-state index in [9.17, 15) is 14.7 Å². The van der Waals surface area contributed by atoms with E-state index < -0.39 is 35.3 Å². The van der Waals surface area contributed by atoms with Crippen LogP contribution in [-0.2, 0) is 14.3 Å². The monoisotopic (exact) mass is 388 g/mol. The number of esters is 1. The number of hydrogen-bond donors (Lipinski definition) is 1. The summed E-state index contributed by atoms with van der Waals surface area (Å²) in [5.74, 6) is 0.510. The van der Waals surface area contributed by atoms with Crippen LogP contribution >= 0.6 is 0 Å². The molecule has 7 aliphatic rings. The Bertz CT molecular complexity index is 983. The lowest BCUT2D eigenvalue weighted by Gasteiger charge is -2.64. The number of carbonyl (C=O) groups excluding carboxylic acids is 2. The predicted octanol–water partition coefficient (Wildman–Crippen LogP) is 3.50. The van der Waals surface area contributed by atoms with Crippen LogP contribution in [0.5, 0.6) is 0 Å². The third kappa shape index (κ3) is 1.55. The van der Waals surface area contributed by atoms with Crippen LogP contribution in [-0.4, -0.2) is 28.1 Å². The summed E-state index contributed by atoms with van der Waals surface area (Å²) >= 11 is 0. The second kappa shape index (κ2) is 4.55. The van der Waals surface area contributed by atoms with E-state index in [2.05, 4.69) is 13.8 Å². The Labute approximate surface area is 172 Å². The fourth-order valence-corrected chi connectivity index (χ4v) is 9.72. The van der Waals surface area contributed by atoms with E-state index in [-0.39, 0.29) is 47.2 Å². The van der Waals surface area contributed by atoms with E-state index in [0.29, 0.717) is 31.1 Å². The van der Waals surface area contributed by atoms with Crippen molar-refractivity contribution in [1.29, 1.82) is 0 Å². The van der Waals surface area contributed by atoms with Gasteiger partial charge in [-0.25, -0.2) is 0 Å². The lowest BCUT2D eigenvalue weighted by molar-refractivity contribution is -0.223. The fraction of sp³-hybridized carbons (Fsp3) is 0.917. The van der Waals surface area contributed by atoms with Gasteiger partial charge < -0.3 is 9.84 Å². The van der Waals surface area contributed by atoms with E-state index in [1.54, 1.807) is 0 Å². The van der Waals surface area contributed by atoms with Gasteiger partial charge in [-0.15, -0.1) is 0 Å². The number of fused-ring (bicyclic) bond motifs is 12. The molecule has 6 aliphatic carbocycles. The van der Waals surface area contributed by atoms with Gasteiger partial charge >= 0.3 is 5.97 Å². The molecule has 28 heavy (non-hydrogen) atoms. The number of ketones is 1. The van der Waals surface area contributed by atoms with Crippen molar-refractivity contribution in [1.82, 2.24) is 0 Å². The zero-order chi connectivity index (χ0) is 22.9. The Morgan fingerprint density at radius 3 is 2.61 bits per heavy atom. The number of Topliss-reactive ketones (excluding diaryl/α,β-unsaturated/α-hetero) is 1. The molecule has 1 spiro atoms. The van der Waals surface area contributed by atoms with Crippen molar-refractivity contribution in [3.63, 3.8) is 0 Å². The lowest BCUT2D eigenvalue weighted by Crippen LogP contribution is -2.65. The van der Waals surface area contributed by atoms with Crippen molar-refractivity contribution in [2.45, 2.75) is 82.7 Å². The first-order valence-electron chi connectivity index (χ1n) is 13.3. The first-order valence-corrected chi connectivity index (χ1v) is 11.3. The summed E-state index contributed by atoms with van der Waals surface area (Å²) < 4.78 is 40.1. The molecule has 1 saturated heterocycles. The third-order valence-corrected chi connectivity index (χ3v) is 11.0. The van der Waals surface area contributed by atoms with Gasteiger partial charge in [0.1, 0.15) is 11.4 Å². The molecule has 152 valence electrons. The minimum absolute atomic E-state index is 0.119. The van der Waals surface area contributed by atoms with Gasteiger partial charge in [-0.3, -0.25) is 9.59 Å². The molecular weight excluding hydrogens is 352 g/mol. The number of ether oxygens (including phenoxy) is 1. The largest absolute Gasteiger partial charge is 0.458 e. The Morgan fingerprint density at radius 1 is 1.07 bits per heavy atom. The molecule has 0 aromatic rings. The van der Waals surface area contributed by atoms with E-state index >= 15 is 0 Å². The second-order valence-electron chi connectivity index (χ2n) is 11.6.